The lowest BCUT2D eigenvalue weighted by atomic mass is 9.32. The van der Waals surface area contributed by atoms with Crippen molar-refractivity contribution in [1.82, 2.24) is 0 Å². The van der Waals surface area contributed by atoms with Crippen molar-refractivity contribution >= 4 is 17.4 Å². The fraction of sp³-hybridized carbons (Fsp3) is 0.800. The van der Waals surface area contributed by atoms with E-state index in [9.17, 15) is 60.7 Å². The highest BCUT2D eigenvalue weighted by atomic mass is 16.8. The number of carbonyl (C=O) groups excluding carboxylic acids is 1. The molecule has 0 unspecified atom stereocenters. The number of aliphatic hydroxyl groups excluding tert-OH is 9. The molecule has 21 atom stereocenters. The number of Topliss-reactive ketones (excluding diaryl/α,β-unsaturated/α-hetero) is 1. The molecule has 4 saturated carbocycles. The smallest absolute Gasteiger partial charge is 0.335 e. The highest BCUT2D eigenvalue weighted by Crippen LogP contribution is 2.76. The summed E-state index contributed by atoms with van der Waals surface area (Å²) in [5, 5.41) is 113. The number of carboxylic acids is 1. The van der Waals surface area contributed by atoms with Crippen molar-refractivity contribution < 1.29 is 79.6 Å². The minimum atomic E-state index is -2.02. The van der Waals surface area contributed by atoms with Gasteiger partial charge in [-0.25, -0.2) is 4.79 Å². The Morgan fingerprint density at radius 1 is 0.776 bits per heavy atom. The molecule has 7 aliphatic rings. The molecule has 0 bridgehead atoms. The molecular formula is C50H75NO16. The van der Waals surface area contributed by atoms with Crippen LogP contribution in [0.3, 0.4) is 0 Å². The summed E-state index contributed by atoms with van der Waals surface area (Å²) in [6.07, 6.45) is -12.7. The lowest BCUT2D eigenvalue weighted by Crippen LogP contribution is -2.69. The zero-order valence-corrected chi connectivity index (χ0v) is 39.8. The van der Waals surface area contributed by atoms with E-state index in [1.165, 1.54) is 5.57 Å². The van der Waals surface area contributed by atoms with Gasteiger partial charge in [-0.3, -0.25) is 4.79 Å². The van der Waals surface area contributed by atoms with Gasteiger partial charge in [0.15, 0.2) is 24.5 Å². The van der Waals surface area contributed by atoms with Crippen LogP contribution in [-0.2, 0) is 23.7 Å². The molecule has 1 aromatic carbocycles. The number of ketones is 1. The van der Waals surface area contributed by atoms with Gasteiger partial charge in [-0.1, -0.05) is 65.3 Å². The first-order valence-electron chi connectivity index (χ1n) is 24.2. The number of carbonyl (C=O) groups is 2. The Labute approximate surface area is 392 Å². The van der Waals surface area contributed by atoms with Crippen molar-refractivity contribution in [2.45, 2.75) is 167 Å². The van der Waals surface area contributed by atoms with E-state index in [1.54, 1.807) is 7.05 Å². The Morgan fingerprint density at radius 2 is 1.48 bits per heavy atom. The maximum absolute atomic E-state index is 14.8. The lowest BCUT2D eigenvalue weighted by molar-refractivity contribution is -0.375. The van der Waals surface area contributed by atoms with E-state index < -0.39 is 114 Å². The maximum Gasteiger partial charge on any atom is 0.335 e. The van der Waals surface area contributed by atoms with E-state index in [4.69, 9.17) is 18.9 Å². The third kappa shape index (κ3) is 7.59. The van der Waals surface area contributed by atoms with E-state index in [0.29, 0.717) is 56.2 Å². The van der Waals surface area contributed by atoms with Crippen LogP contribution in [0.4, 0.5) is 5.69 Å². The van der Waals surface area contributed by atoms with Crippen LogP contribution in [0.2, 0.25) is 0 Å². The second kappa shape index (κ2) is 17.9. The van der Waals surface area contributed by atoms with E-state index >= 15 is 0 Å². The average Bonchev–Trinajstić information content (AvgIpc) is 3.28. The summed E-state index contributed by atoms with van der Waals surface area (Å²) in [5.41, 5.74) is -1.17. The number of nitrogens with one attached hydrogen (secondary N) is 1. The number of aliphatic carboxylic acids is 1. The van der Waals surface area contributed by atoms with Crippen LogP contribution in [0.5, 0.6) is 0 Å². The lowest BCUT2D eigenvalue weighted by Gasteiger charge is -2.72. The van der Waals surface area contributed by atoms with Crippen LogP contribution in [0.15, 0.2) is 35.9 Å². The summed E-state index contributed by atoms with van der Waals surface area (Å²) in [6, 6.07) is 7.41. The van der Waals surface area contributed by atoms with Crippen LogP contribution in [0, 0.1) is 56.2 Å². The Hall–Kier alpha value is -2.62. The fourth-order valence-corrected chi connectivity index (χ4v) is 15.5. The van der Waals surface area contributed by atoms with Crippen LogP contribution in [-0.4, -0.2) is 163 Å². The molecule has 0 aromatic heterocycles. The van der Waals surface area contributed by atoms with Crippen molar-refractivity contribution in [1.29, 1.82) is 0 Å². The molecular weight excluding hydrogens is 871 g/mol. The van der Waals surface area contributed by atoms with Crippen molar-refractivity contribution in [3.05, 3.63) is 41.5 Å². The highest BCUT2D eigenvalue weighted by molar-refractivity contribution is 6.03. The predicted octanol–water partition coefficient (Wildman–Crippen LogP) is 1.98. The number of hydrogen-bond donors (Lipinski definition) is 11. The topological polar surface area (TPSA) is 285 Å². The van der Waals surface area contributed by atoms with Gasteiger partial charge in [0, 0.05) is 35.0 Å². The summed E-state index contributed by atoms with van der Waals surface area (Å²) < 4.78 is 23.9. The zero-order valence-electron chi connectivity index (χ0n) is 39.8. The van der Waals surface area contributed by atoms with Crippen molar-refractivity contribution in [2.75, 3.05) is 32.2 Å². The number of allylic oxidation sites excluding steroid dienone is 2. The van der Waals surface area contributed by atoms with Gasteiger partial charge in [-0.15, -0.1) is 0 Å². The fourth-order valence-electron chi connectivity index (χ4n) is 15.5. The summed E-state index contributed by atoms with van der Waals surface area (Å²) in [4.78, 5) is 27.1. The van der Waals surface area contributed by atoms with Gasteiger partial charge in [0.1, 0.15) is 42.7 Å². The molecule has 0 amide bonds. The van der Waals surface area contributed by atoms with Crippen molar-refractivity contribution in [2.24, 2.45) is 56.2 Å². The number of hydrogen-bond acceptors (Lipinski definition) is 16. The second-order valence-electron chi connectivity index (χ2n) is 23.0. The van der Waals surface area contributed by atoms with Crippen molar-refractivity contribution in [3.8, 4) is 0 Å². The number of carboxylic acid groups (broad SMARTS) is 1. The standard InChI is InChI=1S/C50H75NO16/c1-45(2)18-26-25-12-13-31-46(3)16-15-33(65-44-41(38(60)37(59)40(66-44)42(62)63)67-43-39(61)36(58)35(57)29(21-52)64-43)47(4,22-53)30(46)14-17-48(31,5)49(25,6)20-32(55)50(26,23-54)27(19-45)34(56)24-10-8-9-11-28(24)51-7/h8-12,26-27,29-33,35-41,43-44,51-55,57-61H,13-23H2,1-7H3,(H,62,63)/t26-,27+,29+,30+,31+,32-,33-,35+,36-,37-,38-,39+,40-,41+,43-,44+,46-,47-,48+,49+,50+/m0/s1. The second-order valence-corrected chi connectivity index (χ2v) is 23.0. The third-order valence-corrected chi connectivity index (χ3v) is 19.3. The Bertz CT molecular complexity index is 2050. The molecule has 5 aliphatic carbocycles. The molecule has 1 aromatic rings. The van der Waals surface area contributed by atoms with E-state index in [-0.39, 0.29) is 47.6 Å². The van der Waals surface area contributed by atoms with Gasteiger partial charge < -0.3 is 75.3 Å². The number of aliphatic hydroxyl groups is 9. The predicted molar refractivity (Wildman–Crippen MR) is 240 cm³/mol. The molecule has 2 saturated heterocycles. The Balaban J connectivity index is 1.10. The van der Waals surface area contributed by atoms with E-state index in [2.05, 4.69) is 46.0 Å². The quantitative estimate of drug-likeness (QED) is 0.0859. The van der Waals surface area contributed by atoms with E-state index in [0.717, 1.165) is 6.42 Å². The molecule has 2 heterocycles. The third-order valence-electron chi connectivity index (χ3n) is 19.3. The van der Waals surface area contributed by atoms with E-state index in [1.807, 2.05) is 31.2 Å². The summed E-state index contributed by atoms with van der Waals surface area (Å²) >= 11 is 0. The molecule has 0 spiro atoms. The summed E-state index contributed by atoms with van der Waals surface area (Å²) in [6.45, 7) is 11.7. The summed E-state index contributed by atoms with van der Waals surface area (Å²) in [5.74, 6) is -2.66. The number of para-hydroxylation sites is 1. The molecule has 11 N–H and O–H groups in total. The number of rotatable bonds is 11. The van der Waals surface area contributed by atoms with Crippen molar-refractivity contribution in [3.63, 3.8) is 0 Å². The van der Waals surface area contributed by atoms with Gasteiger partial charge in [0.25, 0.3) is 0 Å². The molecule has 8 rings (SSSR count). The normalized spacial score (nSPS) is 49.3. The van der Waals surface area contributed by atoms with Gasteiger partial charge in [0.2, 0.25) is 0 Å². The molecule has 376 valence electrons. The first-order valence-corrected chi connectivity index (χ1v) is 24.2. The maximum atomic E-state index is 14.8. The highest BCUT2D eigenvalue weighted by Gasteiger charge is 2.72. The number of benzene rings is 1. The SMILES string of the molecule is CNc1ccccc1C(=O)[C@H]1CC(C)(C)C[C@H]2C3=CC[C@@H]4[C@@]5(C)CC[C@H](O[C@@H]6O[C@H](C(=O)O)[C@@H](O)[C@H](O)[C@H]6O[C@@H]6O[C@H](CO)[C@@H](O)[C@H](O)[C@H]6O)[C@@](C)(CO)[C@@H]5CC[C@@]4(C)[C@]3(C)C[C@H](O)[C@@]12CO. The molecule has 17 nitrogen and oxygen atoms in total. The van der Waals surface area contributed by atoms with Gasteiger partial charge in [0.05, 0.1) is 32.0 Å². The van der Waals surface area contributed by atoms with Crippen LogP contribution in [0.25, 0.3) is 0 Å². The molecule has 6 fully saturated rings. The first-order chi connectivity index (χ1) is 31.4. The van der Waals surface area contributed by atoms with Crippen LogP contribution in [0.1, 0.15) is 103 Å². The number of ether oxygens (including phenoxy) is 4. The minimum absolute atomic E-state index is 0.0613. The van der Waals surface area contributed by atoms with Gasteiger partial charge in [-0.2, -0.15) is 0 Å². The monoisotopic (exact) mass is 946 g/mol. The number of anilines is 1. The molecule has 2 aliphatic heterocycles. The first kappa shape index (κ1) is 50.8. The zero-order chi connectivity index (χ0) is 49.0. The molecule has 67 heavy (non-hydrogen) atoms. The Morgan fingerprint density at radius 3 is 2.12 bits per heavy atom. The van der Waals surface area contributed by atoms with Gasteiger partial charge >= 0.3 is 5.97 Å². The van der Waals surface area contributed by atoms with Gasteiger partial charge in [-0.05, 0) is 103 Å². The number of fused-ring (bicyclic) bond motifs is 7. The van der Waals surface area contributed by atoms with Crippen LogP contribution < -0.4 is 5.32 Å². The van der Waals surface area contributed by atoms with Crippen LogP contribution >= 0.6 is 0 Å². The Kier molecular flexibility index (Phi) is 13.6. The summed E-state index contributed by atoms with van der Waals surface area (Å²) in [7, 11) is 1.78. The molecule has 0 radical (unpaired) electrons. The largest absolute Gasteiger partial charge is 0.479 e. The minimum Gasteiger partial charge on any atom is -0.479 e. The molecule has 17 heteroatoms. The average molecular weight is 946 g/mol.